The molecule has 19 heavy (non-hydrogen) atoms. The van der Waals surface area contributed by atoms with Gasteiger partial charge in [0.2, 0.25) is 0 Å². The largest absolute Gasteiger partial charge is 0.507 e. The molecule has 106 valence electrons. The Morgan fingerprint density at radius 1 is 1.26 bits per heavy atom. The first-order valence-electron chi connectivity index (χ1n) is 7.18. The molecule has 1 aliphatic rings. The first-order chi connectivity index (χ1) is 8.87. The van der Waals surface area contributed by atoms with E-state index in [2.05, 4.69) is 29.8 Å². The first-order valence-corrected chi connectivity index (χ1v) is 7.97. The lowest BCUT2D eigenvalue weighted by Gasteiger charge is -2.36. The summed E-state index contributed by atoms with van der Waals surface area (Å²) in [6.45, 7) is 6.25. The van der Waals surface area contributed by atoms with Crippen LogP contribution in [0.5, 0.6) is 5.75 Å². The summed E-state index contributed by atoms with van der Waals surface area (Å²) >= 11 is 3.62. The van der Waals surface area contributed by atoms with Crippen LogP contribution in [0.1, 0.15) is 68.6 Å². The van der Waals surface area contributed by atoms with Crippen molar-refractivity contribution in [1.29, 1.82) is 0 Å². The second-order valence-corrected chi connectivity index (χ2v) is 7.02. The van der Waals surface area contributed by atoms with Gasteiger partial charge >= 0.3 is 0 Å². The molecule has 0 radical (unpaired) electrons. The van der Waals surface area contributed by atoms with E-state index in [0.29, 0.717) is 11.7 Å². The number of aromatic hydroxyl groups is 1. The van der Waals surface area contributed by atoms with E-state index < -0.39 is 0 Å². The van der Waals surface area contributed by atoms with Crippen molar-refractivity contribution in [2.24, 2.45) is 5.73 Å². The average Bonchev–Trinajstić information content (AvgIpc) is 2.34. The van der Waals surface area contributed by atoms with E-state index in [-0.39, 0.29) is 5.54 Å². The third kappa shape index (κ3) is 2.68. The van der Waals surface area contributed by atoms with Crippen LogP contribution in [0.15, 0.2) is 10.5 Å². The highest BCUT2D eigenvalue weighted by Crippen LogP contribution is 2.45. The smallest absolute Gasteiger partial charge is 0.124 e. The summed E-state index contributed by atoms with van der Waals surface area (Å²) in [5.41, 5.74) is 9.32. The summed E-state index contributed by atoms with van der Waals surface area (Å²) in [6, 6.07) is 2.03. The van der Waals surface area contributed by atoms with Crippen LogP contribution in [0.2, 0.25) is 0 Å². The molecule has 1 aliphatic carbocycles. The van der Waals surface area contributed by atoms with Gasteiger partial charge in [0.1, 0.15) is 5.75 Å². The van der Waals surface area contributed by atoms with Crippen LogP contribution in [0, 0.1) is 6.92 Å². The maximum absolute atomic E-state index is 10.7. The third-order valence-corrected chi connectivity index (χ3v) is 5.22. The quantitative estimate of drug-likeness (QED) is 0.827. The van der Waals surface area contributed by atoms with Crippen LogP contribution in [-0.4, -0.2) is 5.11 Å². The van der Waals surface area contributed by atoms with Crippen LogP contribution < -0.4 is 5.73 Å². The molecule has 1 fully saturated rings. The molecule has 3 heteroatoms. The van der Waals surface area contributed by atoms with Crippen LogP contribution in [0.3, 0.4) is 0 Å². The normalized spacial score (nSPS) is 18.8. The molecule has 1 saturated carbocycles. The molecule has 0 aromatic heterocycles. The van der Waals surface area contributed by atoms with E-state index in [1.807, 2.05) is 13.0 Å². The molecule has 1 aromatic carbocycles. The van der Waals surface area contributed by atoms with Gasteiger partial charge in [-0.05, 0) is 42.9 Å². The van der Waals surface area contributed by atoms with Gasteiger partial charge in [-0.25, -0.2) is 0 Å². The fourth-order valence-electron chi connectivity index (χ4n) is 3.24. The number of benzene rings is 1. The summed E-state index contributed by atoms with van der Waals surface area (Å²) in [4.78, 5) is 0. The van der Waals surface area contributed by atoms with Crippen molar-refractivity contribution >= 4 is 15.9 Å². The van der Waals surface area contributed by atoms with Gasteiger partial charge in [0, 0.05) is 15.6 Å². The molecule has 3 N–H and O–H groups in total. The van der Waals surface area contributed by atoms with E-state index in [9.17, 15) is 5.11 Å². The second-order valence-electron chi connectivity index (χ2n) is 6.17. The molecule has 2 nitrogen and oxygen atoms in total. The molecule has 0 amide bonds. The highest BCUT2D eigenvalue weighted by molar-refractivity contribution is 9.10. The monoisotopic (exact) mass is 325 g/mol. The Bertz CT molecular complexity index is 476. The van der Waals surface area contributed by atoms with E-state index in [0.717, 1.165) is 46.8 Å². The lowest BCUT2D eigenvalue weighted by molar-refractivity contribution is 0.289. The van der Waals surface area contributed by atoms with Crippen LogP contribution in [-0.2, 0) is 5.54 Å². The highest BCUT2D eigenvalue weighted by atomic mass is 79.9. The van der Waals surface area contributed by atoms with E-state index in [1.54, 1.807) is 0 Å². The fourth-order valence-corrected chi connectivity index (χ4v) is 3.68. The molecular weight excluding hydrogens is 302 g/mol. The number of rotatable bonds is 2. The fraction of sp³-hybridized carbons (Fsp3) is 0.625. The Kier molecular flexibility index (Phi) is 4.26. The zero-order chi connectivity index (χ0) is 14.2. The van der Waals surface area contributed by atoms with Crippen molar-refractivity contribution in [2.45, 2.75) is 64.3 Å². The van der Waals surface area contributed by atoms with Gasteiger partial charge in [-0.3, -0.25) is 0 Å². The van der Waals surface area contributed by atoms with E-state index >= 15 is 0 Å². The summed E-state index contributed by atoms with van der Waals surface area (Å²) in [5, 5.41) is 10.7. The number of hydrogen-bond donors (Lipinski definition) is 2. The Morgan fingerprint density at radius 3 is 2.37 bits per heavy atom. The lowest BCUT2D eigenvalue weighted by atomic mass is 9.74. The summed E-state index contributed by atoms with van der Waals surface area (Å²) < 4.78 is 1.05. The molecular formula is C16H24BrNO. The number of phenolic OH excluding ortho intramolecular Hbond substituents is 1. The Labute approximate surface area is 124 Å². The van der Waals surface area contributed by atoms with Crippen LogP contribution in [0.4, 0.5) is 0 Å². The zero-order valence-electron chi connectivity index (χ0n) is 12.1. The summed E-state index contributed by atoms with van der Waals surface area (Å²) in [5.74, 6) is 0.711. The maximum Gasteiger partial charge on any atom is 0.124 e. The van der Waals surface area contributed by atoms with Gasteiger partial charge in [0.05, 0.1) is 0 Å². The third-order valence-electron chi connectivity index (χ3n) is 4.39. The van der Waals surface area contributed by atoms with Gasteiger partial charge in [-0.2, -0.15) is 0 Å². The van der Waals surface area contributed by atoms with Crippen molar-refractivity contribution in [2.75, 3.05) is 0 Å². The van der Waals surface area contributed by atoms with Crippen LogP contribution in [0.25, 0.3) is 0 Å². The second kappa shape index (κ2) is 5.45. The first kappa shape index (κ1) is 14.9. The molecule has 0 aliphatic heterocycles. The Balaban J connectivity index is 2.61. The standard InChI is InChI=1S/C16H24BrNO/c1-10(2)12-9-13(17)11(3)14(15(12)19)16(18)7-5-4-6-8-16/h9-10,19H,4-8,18H2,1-3H3. The van der Waals surface area contributed by atoms with E-state index in [4.69, 9.17) is 5.73 Å². The molecule has 2 rings (SSSR count). The molecule has 0 bridgehead atoms. The van der Waals surface area contributed by atoms with Crippen molar-refractivity contribution in [3.63, 3.8) is 0 Å². The average molecular weight is 326 g/mol. The zero-order valence-corrected chi connectivity index (χ0v) is 13.7. The molecule has 0 unspecified atom stereocenters. The predicted octanol–water partition coefficient (Wildman–Crippen LogP) is 4.70. The maximum atomic E-state index is 10.7. The Morgan fingerprint density at radius 2 is 1.84 bits per heavy atom. The molecule has 0 atom stereocenters. The Hall–Kier alpha value is -0.540. The van der Waals surface area contributed by atoms with Gasteiger partial charge in [-0.1, -0.05) is 49.0 Å². The molecule has 0 saturated heterocycles. The minimum atomic E-state index is -0.361. The summed E-state index contributed by atoms with van der Waals surface area (Å²) in [7, 11) is 0. The van der Waals surface area contributed by atoms with Crippen molar-refractivity contribution in [3.05, 3.63) is 27.2 Å². The predicted molar refractivity (Wildman–Crippen MR) is 83.6 cm³/mol. The van der Waals surface area contributed by atoms with Gasteiger partial charge in [0.15, 0.2) is 0 Å². The number of phenols is 1. The number of halogens is 1. The number of nitrogens with two attached hydrogens (primary N) is 1. The minimum absolute atomic E-state index is 0.294. The van der Waals surface area contributed by atoms with Gasteiger partial charge in [0.25, 0.3) is 0 Å². The molecule has 1 aromatic rings. The number of hydrogen-bond acceptors (Lipinski definition) is 2. The van der Waals surface area contributed by atoms with Gasteiger partial charge in [-0.15, -0.1) is 0 Å². The van der Waals surface area contributed by atoms with Crippen LogP contribution >= 0.6 is 15.9 Å². The summed E-state index contributed by atoms with van der Waals surface area (Å²) in [6.07, 6.45) is 5.49. The highest BCUT2D eigenvalue weighted by Gasteiger charge is 2.35. The van der Waals surface area contributed by atoms with E-state index in [1.165, 1.54) is 6.42 Å². The molecule has 0 heterocycles. The lowest BCUT2D eigenvalue weighted by Crippen LogP contribution is -2.39. The minimum Gasteiger partial charge on any atom is -0.507 e. The van der Waals surface area contributed by atoms with Crippen molar-refractivity contribution in [3.8, 4) is 5.75 Å². The van der Waals surface area contributed by atoms with Gasteiger partial charge < -0.3 is 10.8 Å². The topological polar surface area (TPSA) is 46.2 Å². The SMILES string of the molecule is Cc1c(Br)cc(C(C)C)c(O)c1C1(N)CCCCC1. The van der Waals surface area contributed by atoms with Crippen molar-refractivity contribution in [1.82, 2.24) is 0 Å². The molecule has 0 spiro atoms. The van der Waals surface area contributed by atoms with Crippen molar-refractivity contribution < 1.29 is 5.11 Å².